The number of nitrogens with two attached hydrogens (primary N) is 1. The first kappa shape index (κ1) is 14.4. The molecule has 0 saturated heterocycles. The van der Waals surface area contributed by atoms with E-state index in [2.05, 4.69) is 15.9 Å². The van der Waals surface area contributed by atoms with Crippen LogP contribution in [0.5, 0.6) is 0 Å². The van der Waals surface area contributed by atoms with E-state index >= 15 is 0 Å². The molecule has 0 aromatic heterocycles. The first-order valence-electron chi connectivity index (χ1n) is 6.66. The van der Waals surface area contributed by atoms with Gasteiger partial charge in [0, 0.05) is 16.7 Å². The minimum atomic E-state index is -3.57. The SMILES string of the molecule is Nc1cccc2c1CCCN2S(=O)(=O)c1cccc(Br)c1. The van der Waals surface area contributed by atoms with E-state index in [1.165, 1.54) is 4.31 Å². The summed E-state index contributed by atoms with van der Waals surface area (Å²) in [5, 5.41) is 0. The summed E-state index contributed by atoms with van der Waals surface area (Å²) in [6.07, 6.45) is 1.58. The number of hydrogen-bond donors (Lipinski definition) is 1. The fraction of sp³-hybridized carbons (Fsp3) is 0.200. The van der Waals surface area contributed by atoms with E-state index in [4.69, 9.17) is 5.73 Å². The van der Waals surface area contributed by atoms with Gasteiger partial charge in [0.05, 0.1) is 10.6 Å². The van der Waals surface area contributed by atoms with E-state index in [-0.39, 0.29) is 4.90 Å². The van der Waals surface area contributed by atoms with E-state index < -0.39 is 10.0 Å². The van der Waals surface area contributed by atoms with Gasteiger partial charge in [0.25, 0.3) is 10.0 Å². The van der Waals surface area contributed by atoms with Gasteiger partial charge in [-0.2, -0.15) is 0 Å². The number of rotatable bonds is 2. The van der Waals surface area contributed by atoms with Crippen molar-refractivity contribution in [1.29, 1.82) is 0 Å². The van der Waals surface area contributed by atoms with Gasteiger partial charge in [0.2, 0.25) is 0 Å². The van der Waals surface area contributed by atoms with Crippen LogP contribution in [-0.2, 0) is 16.4 Å². The summed E-state index contributed by atoms with van der Waals surface area (Å²) in [5.41, 5.74) is 8.25. The summed E-state index contributed by atoms with van der Waals surface area (Å²) >= 11 is 3.32. The Morgan fingerprint density at radius 2 is 1.90 bits per heavy atom. The fourth-order valence-corrected chi connectivity index (χ4v) is 4.75. The zero-order valence-electron chi connectivity index (χ0n) is 11.3. The largest absolute Gasteiger partial charge is 0.398 e. The van der Waals surface area contributed by atoms with Crippen LogP contribution >= 0.6 is 15.9 Å². The number of sulfonamides is 1. The van der Waals surface area contributed by atoms with E-state index in [1.54, 1.807) is 30.3 Å². The molecule has 0 saturated carbocycles. The predicted octanol–water partition coefficient (Wildman–Crippen LogP) is 3.17. The first-order chi connectivity index (χ1) is 10.00. The van der Waals surface area contributed by atoms with E-state index in [1.807, 2.05) is 12.1 Å². The molecule has 6 heteroatoms. The molecule has 2 aromatic carbocycles. The highest BCUT2D eigenvalue weighted by atomic mass is 79.9. The average molecular weight is 367 g/mol. The van der Waals surface area contributed by atoms with Crippen LogP contribution in [0.25, 0.3) is 0 Å². The van der Waals surface area contributed by atoms with Crippen molar-refractivity contribution >= 4 is 37.3 Å². The highest BCUT2D eigenvalue weighted by Gasteiger charge is 2.29. The Morgan fingerprint density at radius 3 is 2.67 bits per heavy atom. The third-order valence-corrected chi connectivity index (χ3v) is 5.93. The maximum absolute atomic E-state index is 12.9. The van der Waals surface area contributed by atoms with Crippen molar-refractivity contribution in [3.8, 4) is 0 Å². The molecule has 0 amide bonds. The Balaban J connectivity index is 2.12. The van der Waals surface area contributed by atoms with Crippen LogP contribution < -0.4 is 10.0 Å². The molecule has 2 aromatic rings. The summed E-state index contributed by atoms with van der Waals surface area (Å²) < 4.78 is 28.0. The molecular weight excluding hydrogens is 352 g/mol. The number of nitrogen functional groups attached to an aromatic ring is 1. The first-order valence-corrected chi connectivity index (χ1v) is 8.89. The van der Waals surface area contributed by atoms with Crippen LogP contribution in [0.15, 0.2) is 51.8 Å². The normalized spacial score (nSPS) is 14.8. The second-order valence-electron chi connectivity index (χ2n) is 4.98. The lowest BCUT2D eigenvalue weighted by molar-refractivity contribution is 0.586. The van der Waals surface area contributed by atoms with Gasteiger partial charge >= 0.3 is 0 Å². The number of hydrogen-bond acceptors (Lipinski definition) is 3. The van der Waals surface area contributed by atoms with E-state index in [0.29, 0.717) is 17.9 Å². The van der Waals surface area contributed by atoms with Crippen molar-refractivity contribution in [1.82, 2.24) is 0 Å². The van der Waals surface area contributed by atoms with Gasteiger partial charge in [-0.1, -0.05) is 28.1 Å². The third kappa shape index (κ3) is 2.53. The lowest BCUT2D eigenvalue weighted by Crippen LogP contribution is -2.35. The Bertz CT molecular complexity index is 790. The van der Waals surface area contributed by atoms with Crippen molar-refractivity contribution in [2.24, 2.45) is 0 Å². The molecule has 110 valence electrons. The second-order valence-corrected chi connectivity index (χ2v) is 7.76. The summed E-state index contributed by atoms with van der Waals surface area (Å²) in [6.45, 7) is 0.477. The molecule has 3 rings (SSSR count). The second kappa shape index (κ2) is 5.35. The molecule has 0 spiro atoms. The average Bonchev–Trinajstić information content (AvgIpc) is 2.47. The highest BCUT2D eigenvalue weighted by molar-refractivity contribution is 9.10. The monoisotopic (exact) mass is 366 g/mol. The van der Waals surface area contributed by atoms with Crippen molar-refractivity contribution in [3.05, 3.63) is 52.5 Å². The molecule has 0 fully saturated rings. The minimum Gasteiger partial charge on any atom is -0.398 e. The molecule has 1 heterocycles. The highest BCUT2D eigenvalue weighted by Crippen LogP contribution is 2.35. The van der Waals surface area contributed by atoms with Crippen LogP contribution in [0.3, 0.4) is 0 Å². The molecule has 1 aliphatic heterocycles. The summed E-state index contributed by atoms with van der Waals surface area (Å²) in [7, 11) is -3.57. The van der Waals surface area contributed by atoms with Crippen LogP contribution in [0.4, 0.5) is 11.4 Å². The van der Waals surface area contributed by atoms with Gasteiger partial charge in [-0.05, 0) is 48.7 Å². The van der Waals surface area contributed by atoms with Gasteiger partial charge in [0.1, 0.15) is 0 Å². The maximum Gasteiger partial charge on any atom is 0.264 e. The van der Waals surface area contributed by atoms with Crippen molar-refractivity contribution < 1.29 is 8.42 Å². The van der Waals surface area contributed by atoms with Crippen LogP contribution in [0, 0.1) is 0 Å². The number of halogens is 1. The van der Waals surface area contributed by atoms with Crippen LogP contribution in [-0.4, -0.2) is 15.0 Å². The van der Waals surface area contributed by atoms with E-state index in [9.17, 15) is 8.42 Å². The fourth-order valence-electron chi connectivity index (χ4n) is 2.62. The van der Waals surface area contributed by atoms with Gasteiger partial charge in [-0.15, -0.1) is 0 Å². The van der Waals surface area contributed by atoms with Crippen molar-refractivity contribution in [2.75, 3.05) is 16.6 Å². The molecule has 0 unspecified atom stereocenters. The molecular formula is C15H15BrN2O2S. The van der Waals surface area contributed by atoms with Crippen LogP contribution in [0.2, 0.25) is 0 Å². The number of anilines is 2. The topological polar surface area (TPSA) is 63.4 Å². The quantitative estimate of drug-likeness (QED) is 0.830. The summed E-state index contributed by atoms with van der Waals surface area (Å²) in [5.74, 6) is 0. The summed E-state index contributed by atoms with van der Waals surface area (Å²) in [6, 6.07) is 12.2. The maximum atomic E-state index is 12.9. The third-order valence-electron chi connectivity index (χ3n) is 3.63. The Hall–Kier alpha value is -1.53. The Morgan fingerprint density at radius 1 is 1.14 bits per heavy atom. The minimum absolute atomic E-state index is 0.284. The standard InChI is InChI=1S/C15H15BrN2O2S/c16-11-4-1-5-12(10-11)21(19,20)18-9-3-6-13-14(17)7-2-8-15(13)18/h1-2,4-5,7-8,10H,3,6,9,17H2. The van der Waals surface area contributed by atoms with Crippen molar-refractivity contribution in [2.45, 2.75) is 17.7 Å². The van der Waals surface area contributed by atoms with Gasteiger partial charge in [-0.3, -0.25) is 4.31 Å². The molecule has 21 heavy (non-hydrogen) atoms. The smallest absolute Gasteiger partial charge is 0.264 e. The molecule has 0 radical (unpaired) electrons. The zero-order chi connectivity index (χ0) is 15.0. The molecule has 0 atom stereocenters. The molecule has 0 bridgehead atoms. The summed E-state index contributed by atoms with van der Waals surface area (Å²) in [4.78, 5) is 0.284. The molecule has 1 aliphatic rings. The predicted molar refractivity (Wildman–Crippen MR) is 87.8 cm³/mol. The number of nitrogens with zero attached hydrogens (tertiary/aromatic N) is 1. The zero-order valence-corrected chi connectivity index (χ0v) is 13.7. The van der Waals surface area contributed by atoms with Crippen molar-refractivity contribution in [3.63, 3.8) is 0 Å². The van der Waals surface area contributed by atoms with Gasteiger partial charge < -0.3 is 5.73 Å². The van der Waals surface area contributed by atoms with Crippen LogP contribution in [0.1, 0.15) is 12.0 Å². The Labute approximate surface area is 132 Å². The molecule has 4 nitrogen and oxygen atoms in total. The lowest BCUT2D eigenvalue weighted by Gasteiger charge is -2.31. The van der Waals surface area contributed by atoms with Gasteiger partial charge in [-0.25, -0.2) is 8.42 Å². The Kier molecular flexibility index (Phi) is 3.67. The lowest BCUT2D eigenvalue weighted by atomic mass is 10.0. The number of benzene rings is 2. The molecule has 2 N–H and O–H groups in total. The van der Waals surface area contributed by atoms with E-state index in [0.717, 1.165) is 22.9 Å². The molecule has 0 aliphatic carbocycles. The number of fused-ring (bicyclic) bond motifs is 1. The van der Waals surface area contributed by atoms with Gasteiger partial charge in [0.15, 0.2) is 0 Å².